The Labute approximate surface area is 213 Å². The summed E-state index contributed by atoms with van der Waals surface area (Å²) in [5, 5.41) is 16.0. The number of aryl methyl sites for hydroxylation is 1. The first-order chi connectivity index (χ1) is 16.7. The quantitative estimate of drug-likeness (QED) is 0.365. The second-order valence-corrected chi connectivity index (χ2v) is 9.86. The van der Waals surface area contributed by atoms with Crippen LogP contribution in [-0.4, -0.2) is 64.9 Å². The van der Waals surface area contributed by atoms with E-state index in [1.165, 1.54) is 0 Å². The summed E-state index contributed by atoms with van der Waals surface area (Å²) >= 11 is 6.42. The highest BCUT2D eigenvalue weighted by Crippen LogP contribution is 2.34. The van der Waals surface area contributed by atoms with Crippen molar-refractivity contribution < 1.29 is 19.3 Å². The number of aliphatic hydroxyl groups excluding tert-OH is 1. The molecule has 0 aliphatic carbocycles. The van der Waals surface area contributed by atoms with E-state index in [0.29, 0.717) is 42.9 Å². The molecule has 1 heterocycles. The Morgan fingerprint density at radius 1 is 1.09 bits per heavy atom. The highest BCUT2D eigenvalue weighted by molar-refractivity contribution is 6.32. The highest BCUT2D eigenvalue weighted by Gasteiger charge is 2.24. The second-order valence-electron chi connectivity index (χ2n) is 9.45. The van der Waals surface area contributed by atoms with Gasteiger partial charge in [0, 0.05) is 26.7 Å². The van der Waals surface area contributed by atoms with Crippen molar-refractivity contribution in [3.8, 4) is 17.3 Å². The minimum Gasteiger partial charge on any atom is -0.437 e. The van der Waals surface area contributed by atoms with Gasteiger partial charge in [0.25, 0.3) is 0 Å². The standard InChI is InChI=1S/C27H36ClN3O4/c1-20-23(18-30(15-16-33-5)17-22(32)19-34-27(2,3)4)26(35-25-14-10-9-13-24(25)28)31(29-20)21-11-7-6-8-12-21/h6-14,22,32H,15-19H2,1-5H3/t22-/m1/s1. The Morgan fingerprint density at radius 2 is 1.77 bits per heavy atom. The van der Waals surface area contributed by atoms with E-state index in [-0.39, 0.29) is 12.2 Å². The Balaban J connectivity index is 1.93. The number of para-hydroxylation sites is 2. The van der Waals surface area contributed by atoms with E-state index in [4.69, 9.17) is 30.9 Å². The maximum absolute atomic E-state index is 10.7. The molecule has 7 nitrogen and oxygen atoms in total. The number of benzene rings is 2. The fourth-order valence-electron chi connectivity index (χ4n) is 3.58. The number of rotatable bonds is 12. The predicted molar refractivity (Wildman–Crippen MR) is 139 cm³/mol. The molecule has 0 bridgehead atoms. The molecule has 0 aliphatic heterocycles. The van der Waals surface area contributed by atoms with Crippen LogP contribution < -0.4 is 4.74 Å². The van der Waals surface area contributed by atoms with Crippen LogP contribution in [-0.2, 0) is 16.0 Å². The molecule has 0 amide bonds. The highest BCUT2D eigenvalue weighted by atomic mass is 35.5. The first kappa shape index (κ1) is 27.2. The molecule has 1 atom stereocenters. The SMILES string of the molecule is COCCN(Cc1c(C)nn(-c2ccccc2)c1Oc1ccccc1Cl)C[C@@H](O)COC(C)(C)C. The van der Waals surface area contributed by atoms with E-state index in [1.54, 1.807) is 17.9 Å². The molecule has 3 aromatic rings. The molecular formula is C27H36ClN3O4. The molecule has 0 unspecified atom stereocenters. The minimum atomic E-state index is -0.650. The van der Waals surface area contributed by atoms with Crippen molar-refractivity contribution in [3.05, 3.63) is 70.9 Å². The number of hydrogen-bond acceptors (Lipinski definition) is 6. The summed E-state index contributed by atoms with van der Waals surface area (Å²) in [5.74, 6) is 1.14. The Bertz CT molecular complexity index is 1070. The Hall–Kier alpha value is -2.42. The minimum absolute atomic E-state index is 0.248. The van der Waals surface area contributed by atoms with Crippen LogP contribution in [0.5, 0.6) is 11.6 Å². The van der Waals surface area contributed by atoms with Crippen LogP contribution >= 0.6 is 11.6 Å². The molecular weight excluding hydrogens is 466 g/mol. The monoisotopic (exact) mass is 501 g/mol. The molecule has 0 saturated carbocycles. The maximum Gasteiger partial charge on any atom is 0.227 e. The molecule has 3 rings (SSSR count). The van der Waals surface area contributed by atoms with Crippen molar-refractivity contribution in [2.75, 3.05) is 33.4 Å². The third kappa shape index (κ3) is 8.05. The van der Waals surface area contributed by atoms with Crippen LogP contribution in [0.25, 0.3) is 5.69 Å². The molecule has 0 aliphatic rings. The fraction of sp³-hybridized carbons (Fsp3) is 0.444. The lowest BCUT2D eigenvalue weighted by Gasteiger charge is -2.27. The average molecular weight is 502 g/mol. The van der Waals surface area contributed by atoms with Gasteiger partial charge in [-0.25, -0.2) is 4.68 Å². The van der Waals surface area contributed by atoms with Crippen molar-refractivity contribution in [1.29, 1.82) is 0 Å². The van der Waals surface area contributed by atoms with Gasteiger partial charge < -0.3 is 19.3 Å². The molecule has 0 radical (unpaired) electrons. The van der Waals surface area contributed by atoms with Gasteiger partial charge in [0.2, 0.25) is 5.88 Å². The molecule has 1 N–H and O–H groups in total. The maximum atomic E-state index is 10.7. The van der Waals surface area contributed by atoms with Gasteiger partial charge in [-0.15, -0.1) is 0 Å². The zero-order valence-corrected chi connectivity index (χ0v) is 22.0. The number of ether oxygens (including phenoxy) is 3. The van der Waals surface area contributed by atoms with Gasteiger partial charge in [0.05, 0.1) is 46.9 Å². The third-order valence-electron chi connectivity index (χ3n) is 5.35. The van der Waals surface area contributed by atoms with E-state index < -0.39 is 6.10 Å². The van der Waals surface area contributed by atoms with Gasteiger partial charge >= 0.3 is 0 Å². The molecule has 0 spiro atoms. The van der Waals surface area contributed by atoms with E-state index in [1.807, 2.05) is 76.2 Å². The molecule has 2 aromatic carbocycles. The molecule has 1 aromatic heterocycles. The number of halogens is 1. The summed E-state index contributed by atoms with van der Waals surface area (Å²) in [6, 6.07) is 17.2. The van der Waals surface area contributed by atoms with Crippen LogP contribution in [0.4, 0.5) is 0 Å². The molecule has 8 heteroatoms. The number of aromatic nitrogens is 2. The molecule has 190 valence electrons. The zero-order valence-electron chi connectivity index (χ0n) is 21.2. The number of hydrogen-bond donors (Lipinski definition) is 1. The largest absolute Gasteiger partial charge is 0.437 e. The third-order valence-corrected chi connectivity index (χ3v) is 5.66. The lowest BCUT2D eigenvalue weighted by Crippen LogP contribution is -2.38. The van der Waals surface area contributed by atoms with Crippen molar-refractivity contribution in [2.24, 2.45) is 0 Å². The molecule has 0 fully saturated rings. The van der Waals surface area contributed by atoms with Crippen molar-refractivity contribution >= 4 is 11.6 Å². The van der Waals surface area contributed by atoms with Crippen LogP contribution in [0.3, 0.4) is 0 Å². The second kappa shape index (κ2) is 12.5. The number of methoxy groups -OCH3 is 1. The summed E-state index contributed by atoms with van der Waals surface area (Å²) in [7, 11) is 1.67. The summed E-state index contributed by atoms with van der Waals surface area (Å²) in [5.41, 5.74) is 2.31. The Kier molecular flexibility index (Phi) is 9.71. The van der Waals surface area contributed by atoms with Gasteiger partial charge in [-0.05, 0) is 52.0 Å². The fourth-order valence-corrected chi connectivity index (χ4v) is 3.75. The average Bonchev–Trinajstić information content (AvgIpc) is 3.12. The van der Waals surface area contributed by atoms with Gasteiger partial charge in [0.1, 0.15) is 5.75 Å². The summed E-state index contributed by atoms with van der Waals surface area (Å²) in [6.07, 6.45) is -0.650. The topological polar surface area (TPSA) is 69.0 Å². The van der Waals surface area contributed by atoms with E-state index >= 15 is 0 Å². The molecule has 35 heavy (non-hydrogen) atoms. The number of aliphatic hydroxyl groups is 1. The van der Waals surface area contributed by atoms with Crippen LogP contribution in [0.15, 0.2) is 54.6 Å². The van der Waals surface area contributed by atoms with Gasteiger partial charge in [-0.3, -0.25) is 4.90 Å². The van der Waals surface area contributed by atoms with Crippen LogP contribution in [0, 0.1) is 6.92 Å². The first-order valence-electron chi connectivity index (χ1n) is 11.8. The van der Waals surface area contributed by atoms with Crippen LogP contribution in [0.1, 0.15) is 32.0 Å². The lowest BCUT2D eigenvalue weighted by atomic mass is 10.2. The lowest BCUT2D eigenvalue weighted by molar-refractivity contribution is -0.0577. The van der Waals surface area contributed by atoms with Crippen molar-refractivity contribution in [3.63, 3.8) is 0 Å². The van der Waals surface area contributed by atoms with E-state index in [9.17, 15) is 5.11 Å². The summed E-state index contributed by atoms with van der Waals surface area (Å²) in [6.45, 7) is 10.2. The normalized spacial score (nSPS) is 12.8. The molecule has 0 saturated heterocycles. The van der Waals surface area contributed by atoms with Gasteiger partial charge in [-0.1, -0.05) is 41.9 Å². The predicted octanol–water partition coefficient (Wildman–Crippen LogP) is 5.25. The summed E-state index contributed by atoms with van der Waals surface area (Å²) < 4.78 is 19.3. The number of nitrogens with zero attached hydrogens (tertiary/aromatic N) is 3. The van der Waals surface area contributed by atoms with E-state index in [0.717, 1.165) is 16.9 Å². The van der Waals surface area contributed by atoms with Gasteiger partial charge in [-0.2, -0.15) is 5.10 Å². The smallest absolute Gasteiger partial charge is 0.227 e. The Morgan fingerprint density at radius 3 is 2.43 bits per heavy atom. The zero-order chi connectivity index (χ0) is 25.4. The van der Waals surface area contributed by atoms with Crippen LogP contribution in [0.2, 0.25) is 5.02 Å². The van der Waals surface area contributed by atoms with Crippen molar-refractivity contribution in [1.82, 2.24) is 14.7 Å². The van der Waals surface area contributed by atoms with E-state index in [2.05, 4.69) is 4.90 Å². The van der Waals surface area contributed by atoms with Gasteiger partial charge in [0.15, 0.2) is 0 Å². The summed E-state index contributed by atoms with van der Waals surface area (Å²) in [4.78, 5) is 2.12. The first-order valence-corrected chi connectivity index (χ1v) is 12.2. The van der Waals surface area contributed by atoms with Crippen molar-refractivity contribution in [2.45, 2.75) is 45.9 Å².